The maximum absolute atomic E-state index is 12.6. The molecule has 0 saturated heterocycles. The first kappa shape index (κ1) is 16.0. The average Bonchev–Trinajstić information content (AvgIpc) is 2.94. The molecule has 2 heterocycles. The topological polar surface area (TPSA) is 57.6 Å². The lowest BCUT2D eigenvalue weighted by molar-refractivity contribution is -0.155. The Balaban J connectivity index is 2.16. The van der Waals surface area contributed by atoms with Gasteiger partial charge in [0.05, 0.1) is 11.5 Å². The Kier molecular flexibility index (Phi) is 4.71. The van der Waals surface area contributed by atoms with Crippen LogP contribution in [0.5, 0.6) is 0 Å². The summed E-state index contributed by atoms with van der Waals surface area (Å²) >= 11 is 1.74. The quantitative estimate of drug-likeness (QED) is 0.906. The Hall–Kier alpha value is -1.36. The average molecular weight is 309 g/mol. The molecular formula is C16H23NO3S. The molecule has 0 spiro atoms. The Morgan fingerprint density at radius 2 is 2.10 bits per heavy atom. The first-order valence-corrected chi connectivity index (χ1v) is 8.42. The summed E-state index contributed by atoms with van der Waals surface area (Å²) in [6, 6.07) is 2.13. The number of hydrogen-bond acceptors (Lipinski definition) is 3. The van der Waals surface area contributed by atoms with Gasteiger partial charge < -0.3 is 10.0 Å². The van der Waals surface area contributed by atoms with Crippen molar-refractivity contribution in [3.05, 3.63) is 21.9 Å². The molecule has 1 N–H and O–H groups in total. The number of carbonyl (C=O) groups is 2. The molecule has 0 aliphatic carbocycles. The number of hydrogen-bond donors (Lipinski definition) is 1. The van der Waals surface area contributed by atoms with Gasteiger partial charge in [-0.3, -0.25) is 9.59 Å². The smallest absolute Gasteiger partial charge is 0.310 e. The van der Waals surface area contributed by atoms with Crippen molar-refractivity contribution >= 4 is 23.2 Å². The number of carbonyl (C=O) groups excluding carboxylic acids is 1. The van der Waals surface area contributed by atoms with Crippen molar-refractivity contribution in [2.75, 3.05) is 6.54 Å². The minimum absolute atomic E-state index is 0.0366. The molecule has 0 aromatic carbocycles. The zero-order valence-corrected chi connectivity index (χ0v) is 13.7. The lowest BCUT2D eigenvalue weighted by atomic mass is 9.78. The minimum Gasteiger partial charge on any atom is -0.481 e. The second-order valence-corrected chi connectivity index (χ2v) is 6.78. The fourth-order valence-corrected chi connectivity index (χ4v) is 4.08. The van der Waals surface area contributed by atoms with Crippen LogP contribution in [0.15, 0.2) is 11.4 Å². The van der Waals surface area contributed by atoms with Gasteiger partial charge in [-0.15, -0.1) is 11.3 Å². The highest BCUT2D eigenvalue weighted by Crippen LogP contribution is 2.36. The van der Waals surface area contributed by atoms with Gasteiger partial charge in [-0.25, -0.2) is 0 Å². The summed E-state index contributed by atoms with van der Waals surface area (Å²) in [4.78, 5) is 27.4. The van der Waals surface area contributed by atoms with Gasteiger partial charge in [0.2, 0.25) is 5.91 Å². The Morgan fingerprint density at radius 3 is 2.67 bits per heavy atom. The van der Waals surface area contributed by atoms with E-state index in [2.05, 4.69) is 11.4 Å². The van der Waals surface area contributed by atoms with Gasteiger partial charge in [0.15, 0.2) is 0 Å². The van der Waals surface area contributed by atoms with E-state index in [4.69, 9.17) is 0 Å². The van der Waals surface area contributed by atoms with Crippen molar-refractivity contribution in [3.8, 4) is 0 Å². The summed E-state index contributed by atoms with van der Waals surface area (Å²) < 4.78 is 0. The molecule has 21 heavy (non-hydrogen) atoms. The molecule has 116 valence electrons. The van der Waals surface area contributed by atoms with E-state index < -0.39 is 11.4 Å². The van der Waals surface area contributed by atoms with Crippen LogP contribution in [0.4, 0.5) is 0 Å². The predicted molar refractivity (Wildman–Crippen MR) is 83.4 cm³/mol. The van der Waals surface area contributed by atoms with Crippen molar-refractivity contribution in [1.29, 1.82) is 0 Å². The Morgan fingerprint density at radius 1 is 1.43 bits per heavy atom. The second kappa shape index (κ2) is 6.18. The normalized spacial score (nSPS) is 18.4. The van der Waals surface area contributed by atoms with Crippen molar-refractivity contribution in [3.63, 3.8) is 0 Å². The summed E-state index contributed by atoms with van der Waals surface area (Å²) in [5.41, 5.74) is 0.291. The summed E-state index contributed by atoms with van der Waals surface area (Å²) in [7, 11) is 0. The van der Waals surface area contributed by atoms with Crippen molar-refractivity contribution < 1.29 is 14.7 Å². The number of rotatable bonds is 5. The van der Waals surface area contributed by atoms with Gasteiger partial charge in [-0.2, -0.15) is 0 Å². The second-order valence-electron chi connectivity index (χ2n) is 5.78. The van der Waals surface area contributed by atoms with E-state index in [-0.39, 0.29) is 18.4 Å². The first-order valence-electron chi connectivity index (χ1n) is 7.54. The van der Waals surface area contributed by atoms with Gasteiger partial charge in [-0.05, 0) is 43.2 Å². The molecule has 0 fully saturated rings. The zero-order chi connectivity index (χ0) is 15.6. The summed E-state index contributed by atoms with van der Waals surface area (Å²) in [6.07, 6.45) is 1.94. The maximum Gasteiger partial charge on any atom is 0.310 e. The van der Waals surface area contributed by atoms with Crippen molar-refractivity contribution in [1.82, 2.24) is 4.90 Å². The van der Waals surface area contributed by atoms with Crippen LogP contribution in [0.1, 0.15) is 56.5 Å². The molecular weight excluding hydrogens is 286 g/mol. The zero-order valence-electron chi connectivity index (χ0n) is 12.9. The molecule has 1 aliphatic heterocycles. The van der Waals surface area contributed by atoms with Gasteiger partial charge >= 0.3 is 5.97 Å². The molecule has 2 rings (SSSR count). The number of carboxylic acid groups (broad SMARTS) is 1. The highest BCUT2D eigenvalue weighted by atomic mass is 32.1. The number of amides is 1. The van der Waals surface area contributed by atoms with Crippen LogP contribution < -0.4 is 0 Å². The van der Waals surface area contributed by atoms with E-state index in [0.29, 0.717) is 19.4 Å². The molecule has 0 radical (unpaired) electrons. The Bertz CT molecular complexity index is 533. The number of thiophene rings is 1. The van der Waals surface area contributed by atoms with Crippen LogP contribution >= 0.6 is 11.3 Å². The minimum atomic E-state index is -0.925. The largest absolute Gasteiger partial charge is 0.481 e. The highest BCUT2D eigenvalue weighted by Gasteiger charge is 2.40. The number of aliphatic carboxylic acids is 1. The van der Waals surface area contributed by atoms with Crippen LogP contribution in [0.3, 0.4) is 0 Å². The predicted octanol–water partition coefficient (Wildman–Crippen LogP) is 3.47. The van der Waals surface area contributed by atoms with Crippen LogP contribution in [-0.2, 0) is 16.0 Å². The van der Waals surface area contributed by atoms with E-state index in [0.717, 1.165) is 6.42 Å². The first-order chi connectivity index (χ1) is 9.95. The Labute approximate surface area is 129 Å². The molecule has 1 aromatic rings. The van der Waals surface area contributed by atoms with E-state index in [9.17, 15) is 14.7 Å². The summed E-state index contributed by atoms with van der Waals surface area (Å²) in [5.74, 6) is -0.896. The fourth-order valence-electron chi connectivity index (χ4n) is 3.12. The van der Waals surface area contributed by atoms with Crippen molar-refractivity contribution in [2.24, 2.45) is 5.41 Å². The van der Waals surface area contributed by atoms with Gasteiger partial charge in [0.1, 0.15) is 0 Å². The monoisotopic (exact) mass is 309 g/mol. The molecule has 1 unspecified atom stereocenters. The molecule has 1 aliphatic rings. The molecule has 1 amide bonds. The van der Waals surface area contributed by atoms with E-state index in [1.165, 1.54) is 10.4 Å². The maximum atomic E-state index is 12.6. The molecule has 0 bridgehead atoms. The molecule has 1 atom stereocenters. The van der Waals surface area contributed by atoms with Crippen LogP contribution in [0.2, 0.25) is 0 Å². The summed E-state index contributed by atoms with van der Waals surface area (Å²) in [6.45, 7) is 6.42. The SMILES string of the molecule is CCC(CC)(CC(=O)N1CCc2sccc2C1C)C(=O)O. The number of nitrogens with zero attached hydrogens (tertiary/aromatic N) is 1. The number of fused-ring (bicyclic) bond motifs is 1. The van der Waals surface area contributed by atoms with Gasteiger partial charge in [0, 0.05) is 17.8 Å². The third-order valence-electron chi connectivity index (χ3n) is 4.89. The highest BCUT2D eigenvalue weighted by molar-refractivity contribution is 7.10. The molecule has 0 saturated carbocycles. The van der Waals surface area contributed by atoms with Crippen LogP contribution in [-0.4, -0.2) is 28.4 Å². The lowest BCUT2D eigenvalue weighted by Gasteiger charge is -2.36. The van der Waals surface area contributed by atoms with Gasteiger partial charge in [-0.1, -0.05) is 13.8 Å². The third-order valence-corrected chi connectivity index (χ3v) is 5.89. The fraction of sp³-hybridized carbons (Fsp3) is 0.625. The lowest BCUT2D eigenvalue weighted by Crippen LogP contribution is -2.42. The van der Waals surface area contributed by atoms with Crippen molar-refractivity contribution in [2.45, 2.75) is 52.5 Å². The molecule has 5 heteroatoms. The third kappa shape index (κ3) is 2.84. The van der Waals surface area contributed by atoms with Crippen LogP contribution in [0.25, 0.3) is 0 Å². The van der Waals surface area contributed by atoms with E-state index in [1.54, 1.807) is 11.3 Å². The van der Waals surface area contributed by atoms with E-state index in [1.807, 2.05) is 25.7 Å². The standard InChI is InChI=1S/C16H23NO3S/c1-4-16(5-2,15(19)20)10-14(18)17-8-6-13-12(11(17)3)7-9-21-13/h7,9,11H,4-6,8,10H2,1-3H3,(H,19,20). The van der Waals surface area contributed by atoms with E-state index >= 15 is 0 Å². The molecule has 4 nitrogen and oxygen atoms in total. The molecule has 1 aromatic heterocycles. The van der Waals surface area contributed by atoms with Gasteiger partial charge in [0.25, 0.3) is 0 Å². The number of carboxylic acids is 1. The van der Waals surface area contributed by atoms with Crippen LogP contribution in [0, 0.1) is 5.41 Å². The summed E-state index contributed by atoms with van der Waals surface area (Å²) in [5, 5.41) is 11.6.